The van der Waals surface area contributed by atoms with Gasteiger partial charge in [0.25, 0.3) is 0 Å². The van der Waals surface area contributed by atoms with Gasteiger partial charge < -0.3 is 0 Å². The maximum atomic E-state index is 2.76. The maximum Gasteiger partial charge on any atom is 0 e. The molecule has 0 nitrogen and oxygen atoms in total. The van der Waals surface area contributed by atoms with Gasteiger partial charge in [-0.25, -0.2) is 0 Å². The Morgan fingerprint density at radius 2 is 1.25 bits per heavy atom. The Hall–Kier alpha value is 2.53. The van der Waals surface area contributed by atoms with E-state index >= 15 is 0 Å². The molecule has 0 fully saturated rings. The molecule has 0 saturated carbocycles. The molecular formula is CuInSeZn. The van der Waals surface area contributed by atoms with Gasteiger partial charge in [0.05, 0.1) is 0 Å². The van der Waals surface area contributed by atoms with Gasteiger partial charge in [-0.3, -0.25) is 0 Å². The number of hydrogen-bond acceptors (Lipinski definition) is 0. The van der Waals surface area contributed by atoms with Gasteiger partial charge in [-0.15, -0.1) is 0 Å². The Balaban J connectivity index is -0.00000000500. The molecule has 0 N–H and O–H groups in total. The minimum atomic E-state index is 0. The smallest absolute Gasteiger partial charge is 0 e. The van der Waals surface area contributed by atoms with Crippen LogP contribution in [0, 0.1) is 0 Å². The standard InChI is InChI=1S/Cu.In.Se.Zn. The first kappa shape index (κ1) is 16.0. The van der Waals surface area contributed by atoms with E-state index < -0.39 is 0 Å². The first-order chi connectivity index (χ1) is 1.00. The third-order valence-corrected chi connectivity index (χ3v) is 0. The van der Waals surface area contributed by atoms with E-state index in [2.05, 4.69) is 11.8 Å². The third-order valence-electron chi connectivity index (χ3n) is 0. The van der Waals surface area contributed by atoms with E-state index in [0.29, 0.717) is 0 Å². The summed E-state index contributed by atoms with van der Waals surface area (Å²) >= 11 is 3.98. The van der Waals surface area contributed by atoms with Crippen LogP contribution in [-0.2, 0) is 36.5 Å². The van der Waals surface area contributed by atoms with Crippen LogP contribution in [0.3, 0.4) is 0 Å². The van der Waals surface area contributed by atoms with Crippen molar-refractivity contribution in [3.05, 3.63) is 0 Å². The summed E-state index contributed by atoms with van der Waals surface area (Å²) in [6, 6.07) is 0. The summed E-state index contributed by atoms with van der Waals surface area (Å²) in [4.78, 5) is 0. The summed E-state index contributed by atoms with van der Waals surface area (Å²) < 4.78 is 0. The van der Waals surface area contributed by atoms with Crippen molar-refractivity contribution in [1.29, 1.82) is 0 Å². The van der Waals surface area contributed by atoms with Gasteiger partial charge >= 0.3 is 33.2 Å². The third kappa shape index (κ3) is 8.82. The van der Waals surface area contributed by atoms with Crippen molar-refractivity contribution < 1.29 is 36.5 Å². The van der Waals surface area contributed by atoms with E-state index in [0.717, 1.165) is 0 Å². The SMILES string of the molecule is [Cu].[Se]=[In].[Zn]. The summed E-state index contributed by atoms with van der Waals surface area (Å²) in [5, 5.41) is 0. The molecule has 0 rings (SSSR count). The quantitative estimate of drug-likeness (QED) is 0.514. The van der Waals surface area contributed by atoms with Crippen LogP contribution in [0.5, 0.6) is 0 Å². The average Bonchev–Trinajstić information content (AvgIpc) is 1.00. The molecule has 0 aromatic carbocycles. The molecule has 0 spiro atoms. The van der Waals surface area contributed by atoms with Crippen molar-refractivity contribution in [2.45, 2.75) is 0 Å². The molecule has 0 atom stereocenters. The van der Waals surface area contributed by atoms with Gasteiger partial charge in [-0.2, -0.15) is 0 Å². The molecule has 4 heteroatoms. The molecule has 0 aliphatic rings. The molecular weight excluding hydrogens is 323 g/mol. The molecule has 0 amide bonds. The van der Waals surface area contributed by atoms with Crippen LogP contribution in [0.25, 0.3) is 0 Å². The normalized spacial score (nSPS) is 0.750. The first-order valence-electron chi connectivity index (χ1n) is 0.236. The monoisotopic (exact) mass is 322 g/mol. The Bertz CT molecular complexity index is 8.00. The van der Waals surface area contributed by atoms with Crippen LogP contribution < -0.4 is 0 Å². The predicted octanol–water partition coefficient (Wildman–Crippen LogP) is -0.767. The van der Waals surface area contributed by atoms with Crippen molar-refractivity contribution in [2.75, 3.05) is 0 Å². The average molecular weight is 323 g/mol. The summed E-state index contributed by atoms with van der Waals surface area (Å²) in [7, 11) is 0. The van der Waals surface area contributed by atoms with E-state index in [9.17, 15) is 0 Å². The fourth-order valence-electron chi connectivity index (χ4n) is 0. The van der Waals surface area contributed by atoms with Crippen LogP contribution in [0.2, 0.25) is 0 Å². The van der Waals surface area contributed by atoms with E-state index in [1.54, 1.807) is 0 Å². The van der Waals surface area contributed by atoms with Crippen molar-refractivity contribution >= 4 is 33.2 Å². The van der Waals surface area contributed by atoms with Gasteiger partial charge in [0, 0.05) is 36.5 Å². The van der Waals surface area contributed by atoms with Crippen molar-refractivity contribution in [3.63, 3.8) is 0 Å². The summed E-state index contributed by atoms with van der Waals surface area (Å²) in [5.41, 5.74) is 0. The molecule has 0 bridgehead atoms. The summed E-state index contributed by atoms with van der Waals surface area (Å²) in [6.07, 6.45) is 0. The fourth-order valence-corrected chi connectivity index (χ4v) is 0. The second-order valence-corrected chi connectivity index (χ2v) is 0. The number of rotatable bonds is 0. The minimum absolute atomic E-state index is 0. The molecule has 0 aromatic rings. The number of hydrogen-bond donors (Lipinski definition) is 0. The van der Waals surface area contributed by atoms with E-state index in [1.807, 2.05) is 0 Å². The largest absolute Gasteiger partial charge is 0 e. The van der Waals surface area contributed by atoms with E-state index in [1.165, 1.54) is 21.4 Å². The van der Waals surface area contributed by atoms with E-state index in [-0.39, 0.29) is 36.5 Å². The molecule has 0 unspecified atom stereocenters. The summed E-state index contributed by atoms with van der Waals surface area (Å²) in [6.45, 7) is 0. The fraction of sp³-hybridized carbons (Fsp3) is 0. The Morgan fingerprint density at radius 1 is 1.25 bits per heavy atom. The van der Waals surface area contributed by atoms with Crippen LogP contribution >= 0.6 is 0 Å². The van der Waals surface area contributed by atoms with Gasteiger partial charge in [0.1, 0.15) is 0 Å². The molecule has 0 aliphatic heterocycles. The minimum Gasteiger partial charge on any atom is 0 e. The Labute approximate surface area is 68.6 Å². The molecule has 0 aromatic heterocycles. The molecule has 0 saturated heterocycles. The zero-order chi connectivity index (χ0) is 2.00. The van der Waals surface area contributed by atoms with Crippen molar-refractivity contribution in [2.24, 2.45) is 0 Å². The van der Waals surface area contributed by atoms with Crippen molar-refractivity contribution in [3.8, 4) is 0 Å². The Morgan fingerprint density at radius 3 is 1.25 bits per heavy atom. The van der Waals surface area contributed by atoms with E-state index in [4.69, 9.17) is 0 Å². The zero-order valence-corrected chi connectivity index (χ0v) is 10.9. The van der Waals surface area contributed by atoms with Gasteiger partial charge in [-0.05, 0) is 0 Å². The first-order valence-corrected chi connectivity index (χ1v) is 8.22. The molecule has 0 aliphatic carbocycles. The van der Waals surface area contributed by atoms with Crippen LogP contribution in [0.15, 0.2) is 0 Å². The van der Waals surface area contributed by atoms with Crippen molar-refractivity contribution in [1.82, 2.24) is 0 Å². The predicted molar refractivity (Wildman–Crippen MR) is 11.5 cm³/mol. The second kappa shape index (κ2) is 17.7. The molecule has 0 heterocycles. The maximum absolute atomic E-state index is 2.76. The topological polar surface area (TPSA) is 0 Å². The molecule has 4 heavy (non-hydrogen) atoms. The van der Waals surface area contributed by atoms with Crippen LogP contribution in [0.1, 0.15) is 0 Å². The molecule has 22 valence electrons. The Kier molecular flexibility index (Phi) is 71.0. The van der Waals surface area contributed by atoms with Gasteiger partial charge in [0.2, 0.25) is 0 Å². The summed E-state index contributed by atoms with van der Waals surface area (Å²) in [5.74, 6) is 0. The van der Waals surface area contributed by atoms with Gasteiger partial charge in [-0.1, -0.05) is 0 Å². The second-order valence-electron chi connectivity index (χ2n) is 0. The van der Waals surface area contributed by atoms with Crippen LogP contribution in [-0.4, -0.2) is 33.2 Å². The molecule has 2 radical (unpaired) electrons. The van der Waals surface area contributed by atoms with Gasteiger partial charge in [0.15, 0.2) is 0 Å². The van der Waals surface area contributed by atoms with Crippen LogP contribution in [0.4, 0.5) is 0 Å². The zero-order valence-electron chi connectivity index (χ0n) is 1.99.